The third kappa shape index (κ3) is 4.87. The van der Waals surface area contributed by atoms with Gasteiger partial charge in [-0.25, -0.2) is 0 Å². The Labute approximate surface area is 122 Å². The highest BCUT2D eigenvalue weighted by Crippen LogP contribution is 2.24. The molecular weight excluding hydrogens is 250 g/mol. The van der Waals surface area contributed by atoms with Gasteiger partial charge in [0.1, 0.15) is 5.75 Å². The summed E-state index contributed by atoms with van der Waals surface area (Å²) in [6.07, 6.45) is 1.90. The van der Waals surface area contributed by atoms with Gasteiger partial charge in [0.05, 0.1) is 0 Å². The van der Waals surface area contributed by atoms with Gasteiger partial charge in [-0.2, -0.15) is 0 Å². The maximum atomic E-state index is 11.8. The van der Waals surface area contributed by atoms with Gasteiger partial charge in [0.2, 0.25) is 0 Å². The number of hydrogen-bond donors (Lipinski definition) is 1. The monoisotopic (exact) mass is 277 g/mol. The Morgan fingerprint density at radius 3 is 2.45 bits per heavy atom. The Morgan fingerprint density at radius 1 is 1.25 bits per heavy atom. The van der Waals surface area contributed by atoms with Gasteiger partial charge in [0.15, 0.2) is 6.61 Å². The summed E-state index contributed by atoms with van der Waals surface area (Å²) in [6, 6.07) is 6.43. The number of nitrogens with one attached hydrogen (secondary N) is 1. The number of rotatable bonds is 7. The van der Waals surface area contributed by atoms with Crippen molar-refractivity contribution in [3.05, 3.63) is 29.3 Å². The van der Waals surface area contributed by atoms with Gasteiger partial charge >= 0.3 is 0 Å². The molecule has 1 amide bonds. The predicted octanol–water partition coefficient (Wildman–Crippen LogP) is 3.80. The van der Waals surface area contributed by atoms with Gasteiger partial charge in [-0.3, -0.25) is 4.79 Å². The van der Waals surface area contributed by atoms with E-state index in [-0.39, 0.29) is 18.6 Å². The molecule has 0 spiro atoms. The van der Waals surface area contributed by atoms with E-state index in [2.05, 4.69) is 39.1 Å². The lowest BCUT2D eigenvalue weighted by molar-refractivity contribution is -0.123. The molecule has 0 unspecified atom stereocenters. The van der Waals surface area contributed by atoms with Gasteiger partial charge in [-0.15, -0.1) is 0 Å². The summed E-state index contributed by atoms with van der Waals surface area (Å²) in [6.45, 7) is 10.5. The van der Waals surface area contributed by atoms with Crippen molar-refractivity contribution in [1.29, 1.82) is 0 Å². The van der Waals surface area contributed by atoms with Crippen LogP contribution in [0.25, 0.3) is 0 Å². The van der Waals surface area contributed by atoms with Crippen LogP contribution in [0.2, 0.25) is 0 Å². The van der Waals surface area contributed by atoms with Crippen LogP contribution in [0.3, 0.4) is 0 Å². The molecule has 0 radical (unpaired) electrons. The highest BCUT2D eigenvalue weighted by molar-refractivity contribution is 5.77. The molecule has 0 saturated carbocycles. The zero-order chi connectivity index (χ0) is 15.1. The number of carbonyl (C=O) groups excluding carboxylic acids is 1. The van der Waals surface area contributed by atoms with Gasteiger partial charge in [0.25, 0.3) is 5.91 Å². The van der Waals surface area contributed by atoms with E-state index in [0.717, 1.165) is 24.2 Å². The average Bonchev–Trinajstić information content (AvgIpc) is 2.43. The Balaban J connectivity index is 2.61. The second-order valence-electron chi connectivity index (χ2n) is 5.55. The smallest absolute Gasteiger partial charge is 0.258 e. The van der Waals surface area contributed by atoms with Crippen molar-refractivity contribution in [3.8, 4) is 5.75 Å². The van der Waals surface area contributed by atoms with Crippen molar-refractivity contribution in [2.75, 3.05) is 6.61 Å². The minimum atomic E-state index is -0.0481. The van der Waals surface area contributed by atoms with Crippen molar-refractivity contribution in [3.63, 3.8) is 0 Å². The van der Waals surface area contributed by atoms with Crippen molar-refractivity contribution < 1.29 is 9.53 Å². The molecule has 0 aliphatic rings. The number of amides is 1. The summed E-state index contributed by atoms with van der Waals surface area (Å²) >= 11 is 0. The molecule has 0 aliphatic carbocycles. The molecule has 1 aromatic rings. The average molecular weight is 277 g/mol. The van der Waals surface area contributed by atoms with E-state index in [1.165, 1.54) is 5.56 Å². The SMILES string of the molecule is CCC(CC)NC(=O)COc1cc(C(C)C)ccc1C. The first-order valence-electron chi connectivity index (χ1n) is 7.50. The van der Waals surface area contributed by atoms with Gasteiger partial charge < -0.3 is 10.1 Å². The maximum Gasteiger partial charge on any atom is 0.258 e. The zero-order valence-electron chi connectivity index (χ0n) is 13.3. The van der Waals surface area contributed by atoms with Crippen LogP contribution in [0.1, 0.15) is 57.6 Å². The highest BCUT2D eigenvalue weighted by atomic mass is 16.5. The topological polar surface area (TPSA) is 38.3 Å². The van der Waals surface area contributed by atoms with Crippen LogP contribution < -0.4 is 10.1 Å². The Bertz CT molecular complexity index is 437. The molecule has 0 atom stereocenters. The fourth-order valence-electron chi connectivity index (χ4n) is 2.04. The maximum absolute atomic E-state index is 11.8. The second-order valence-corrected chi connectivity index (χ2v) is 5.55. The summed E-state index contributed by atoms with van der Waals surface area (Å²) in [5.41, 5.74) is 2.29. The molecule has 0 saturated heterocycles. The van der Waals surface area contributed by atoms with Crippen molar-refractivity contribution in [1.82, 2.24) is 5.32 Å². The third-order valence-electron chi connectivity index (χ3n) is 3.59. The molecule has 112 valence electrons. The predicted molar refractivity (Wildman–Crippen MR) is 83.3 cm³/mol. The van der Waals surface area contributed by atoms with E-state index in [0.29, 0.717) is 5.92 Å². The van der Waals surface area contributed by atoms with Gasteiger partial charge in [-0.05, 0) is 42.9 Å². The van der Waals surface area contributed by atoms with E-state index in [9.17, 15) is 4.79 Å². The van der Waals surface area contributed by atoms with E-state index < -0.39 is 0 Å². The third-order valence-corrected chi connectivity index (χ3v) is 3.59. The van der Waals surface area contributed by atoms with Crippen LogP contribution in [0.5, 0.6) is 5.75 Å². The first-order chi connectivity index (χ1) is 9.47. The van der Waals surface area contributed by atoms with Crippen molar-refractivity contribution >= 4 is 5.91 Å². The van der Waals surface area contributed by atoms with Crippen LogP contribution in [0.4, 0.5) is 0 Å². The lowest BCUT2D eigenvalue weighted by Crippen LogP contribution is -2.37. The van der Waals surface area contributed by atoms with Crippen molar-refractivity contribution in [2.24, 2.45) is 0 Å². The molecule has 1 N–H and O–H groups in total. The Hall–Kier alpha value is -1.51. The fraction of sp³-hybridized carbons (Fsp3) is 0.588. The lowest BCUT2D eigenvalue weighted by atomic mass is 10.0. The first kappa shape index (κ1) is 16.5. The summed E-state index contributed by atoms with van der Waals surface area (Å²) in [7, 11) is 0. The first-order valence-corrected chi connectivity index (χ1v) is 7.50. The normalized spacial score (nSPS) is 10.9. The van der Waals surface area contributed by atoms with Crippen LogP contribution in [-0.4, -0.2) is 18.6 Å². The van der Waals surface area contributed by atoms with E-state index in [1.807, 2.05) is 19.1 Å². The standard InChI is InChI=1S/C17H27NO2/c1-6-15(7-2)18-17(19)11-20-16-10-14(12(3)4)9-8-13(16)5/h8-10,12,15H,6-7,11H2,1-5H3,(H,18,19). The number of hydrogen-bond acceptors (Lipinski definition) is 2. The second kappa shape index (κ2) is 7.93. The molecule has 3 heteroatoms. The summed E-state index contributed by atoms with van der Waals surface area (Å²) in [4.78, 5) is 11.8. The molecule has 20 heavy (non-hydrogen) atoms. The summed E-state index contributed by atoms with van der Waals surface area (Å²) < 4.78 is 5.67. The number of ether oxygens (including phenoxy) is 1. The quantitative estimate of drug-likeness (QED) is 0.823. The van der Waals surface area contributed by atoms with E-state index >= 15 is 0 Å². The summed E-state index contributed by atoms with van der Waals surface area (Å²) in [5.74, 6) is 1.21. The largest absolute Gasteiger partial charge is 0.483 e. The van der Waals surface area contributed by atoms with Gasteiger partial charge in [-0.1, -0.05) is 39.8 Å². The zero-order valence-corrected chi connectivity index (χ0v) is 13.3. The molecule has 0 aromatic heterocycles. The Kier molecular flexibility index (Phi) is 6.56. The number of carbonyl (C=O) groups is 1. The van der Waals surface area contributed by atoms with Crippen LogP contribution in [-0.2, 0) is 4.79 Å². The fourth-order valence-corrected chi connectivity index (χ4v) is 2.04. The lowest BCUT2D eigenvalue weighted by Gasteiger charge is -2.16. The van der Waals surface area contributed by atoms with Gasteiger partial charge in [0, 0.05) is 6.04 Å². The molecule has 3 nitrogen and oxygen atoms in total. The summed E-state index contributed by atoms with van der Waals surface area (Å²) in [5, 5.41) is 2.98. The minimum Gasteiger partial charge on any atom is -0.483 e. The van der Waals surface area contributed by atoms with Crippen LogP contribution in [0.15, 0.2) is 18.2 Å². The highest BCUT2D eigenvalue weighted by Gasteiger charge is 2.10. The van der Waals surface area contributed by atoms with Crippen molar-refractivity contribution in [2.45, 2.75) is 59.4 Å². The minimum absolute atomic E-state index is 0.0481. The molecular formula is C17H27NO2. The molecule has 0 bridgehead atoms. The van der Waals surface area contributed by atoms with E-state index in [4.69, 9.17) is 4.74 Å². The van der Waals surface area contributed by atoms with E-state index in [1.54, 1.807) is 0 Å². The molecule has 0 fully saturated rings. The molecule has 0 aliphatic heterocycles. The number of benzene rings is 1. The molecule has 1 aromatic carbocycles. The van der Waals surface area contributed by atoms with Crippen LogP contribution >= 0.6 is 0 Å². The number of aryl methyl sites for hydroxylation is 1. The van der Waals surface area contributed by atoms with Crippen LogP contribution in [0, 0.1) is 6.92 Å². The molecule has 0 heterocycles. The molecule has 1 rings (SSSR count). The Morgan fingerprint density at radius 2 is 1.90 bits per heavy atom.